The molecule has 0 spiro atoms. The number of carbonyl (C=O) groups excluding carboxylic acids is 1. The summed E-state index contributed by atoms with van der Waals surface area (Å²) in [5, 5.41) is 9.17. The van der Waals surface area contributed by atoms with Gasteiger partial charge in [-0.15, -0.1) is 24.0 Å². The van der Waals surface area contributed by atoms with Gasteiger partial charge in [0.2, 0.25) is 0 Å². The fraction of sp³-hybridized carbons (Fsp3) is 0.333. The Hall–Kier alpha value is -2.16. The van der Waals surface area contributed by atoms with E-state index in [1.54, 1.807) is 19.1 Å². The van der Waals surface area contributed by atoms with E-state index in [-0.39, 0.29) is 35.7 Å². The van der Waals surface area contributed by atoms with Crippen molar-refractivity contribution in [1.82, 2.24) is 16.0 Å². The molecule has 0 saturated carbocycles. The molecule has 0 radical (unpaired) electrons. The van der Waals surface area contributed by atoms with E-state index in [9.17, 15) is 9.18 Å². The molecule has 1 amide bonds. The lowest BCUT2D eigenvalue weighted by molar-refractivity contribution is 0.0955. The molecule has 0 unspecified atom stereocenters. The van der Waals surface area contributed by atoms with Gasteiger partial charge in [-0.05, 0) is 55.7 Å². The molecule has 0 fully saturated rings. The lowest BCUT2D eigenvalue weighted by Gasteiger charge is -2.12. The number of aryl methyl sites for hydroxylation is 1. The number of halogens is 2. The summed E-state index contributed by atoms with van der Waals surface area (Å²) in [4.78, 5) is 16.5. The van der Waals surface area contributed by atoms with E-state index >= 15 is 0 Å². The van der Waals surface area contributed by atoms with Crippen LogP contribution in [0.4, 0.5) is 4.39 Å². The molecule has 0 aliphatic rings. The second-order valence-electron chi connectivity index (χ2n) is 6.19. The molecule has 7 heteroatoms. The Kier molecular flexibility index (Phi) is 10.5. The quantitative estimate of drug-likeness (QED) is 0.310. The van der Waals surface area contributed by atoms with Crippen molar-refractivity contribution in [3.63, 3.8) is 0 Å². The highest BCUT2D eigenvalue weighted by Crippen LogP contribution is 2.09. The molecule has 0 atom stereocenters. The van der Waals surface area contributed by atoms with Crippen molar-refractivity contribution in [3.8, 4) is 0 Å². The zero-order valence-electron chi connectivity index (χ0n) is 16.5. The maximum Gasteiger partial charge on any atom is 0.251 e. The summed E-state index contributed by atoms with van der Waals surface area (Å²) in [5.41, 5.74) is 3.04. The van der Waals surface area contributed by atoms with Crippen molar-refractivity contribution in [1.29, 1.82) is 0 Å². The number of hydrogen-bond donors (Lipinski definition) is 3. The van der Waals surface area contributed by atoms with Gasteiger partial charge in [-0.25, -0.2) is 9.38 Å². The summed E-state index contributed by atoms with van der Waals surface area (Å²) in [6, 6.07) is 12.6. The molecular weight excluding hydrogens is 470 g/mol. The van der Waals surface area contributed by atoms with Gasteiger partial charge in [0.25, 0.3) is 5.91 Å². The summed E-state index contributed by atoms with van der Waals surface area (Å²) >= 11 is 0. The molecule has 5 nitrogen and oxygen atoms in total. The minimum absolute atomic E-state index is 0. The second-order valence-corrected chi connectivity index (χ2v) is 6.19. The van der Waals surface area contributed by atoms with Crippen LogP contribution < -0.4 is 16.0 Å². The first-order valence-corrected chi connectivity index (χ1v) is 9.17. The number of nitrogens with one attached hydrogen (secondary N) is 3. The molecule has 2 aromatic rings. The molecule has 28 heavy (non-hydrogen) atoms. The Morgan fingerprint density at radius 1 is 1.00 bits per heavy atom. The van der Waals surface area contributed by atoms with E-state index in [0.29, 0.717) is 43.3 Å². The third-order valence-corrected chi connectivity index (χ3v) is 3.99. The Bertz CT molecular complexity index is 811. The minimum Gasteiger partial charge on any atom is -0.357 e. The van der Waals surface area contributed by atoms with Gasteiger partial charge >= 0.3 is 0 Å². The number of guanidine groups is 1. The maximum absolute atomic E-state index is 13.7. The first kappa shape index (κ1) is 23.9. The summed E-state index contributed by atoms with van der Waals surface area (Å²) in [5.74, 6) is 0.343. The average Bonchev–Trinajstić information content (AvgIpc) is 2.67. The molecule has 2 rings (SSSR count). The van der Waals surface area contributed by atoms with Gasteiger partial charge in [-0.2, -0.15) is 0 Å². The third kappa shape index (κ3) is 7.46. The number of aliphatic imine (C=N–C) groups is 1. The first-order valence-electron chi connectivity index (χ1n) is 9.17. The highest BCUT2D eigenvalue weighted by molar-refractivity contribution is 14.0. The van der Waals surface area contributed by atoms with E-state index in [0.717, 1.165) is 11.1 Å². The summed E-state index contributed by atoms with van der Waals surface area (Å²) < 4.78 is 13.7. The molecule has 0 heterocycles. The smallest absolute Gasteiger partial charge is 0.251 e. The highest BCUT2D eigenvalue weighted by Gasteiger charge is 2.05. The summed E-state index contributed by atoms with van der Waals surface area (Å²) in [6.07, 6.45) is 0. The van der Waals surface area contributed by atoms with Crippen LogP contribution in [0.25, 0.3) is 0 Å². The highest BCUT2D eigenvalue weighted by atomic mass is 127. The zero-order chi connectivity index (χ0) is 19.6. The average molecular weight is 498 g/mol. The number of carbonyl (C=O) groups is 1. The van der Waals surface area contributed by atoms with Crippen molar-refractivity contribution in [2.75, 3.05) is 13.1 Å². The van der Waals surface area contributed by atoms with Gasteiger partial charge in [0.15, 0.2) is 5.96 Å². The van der Waals surface area contributed by atoms with E-state index in [4.69, 9.17) is 0 Å². The number of benzene rings is 2. The first-order chi connectivity index (χ1) is 13.0. The van der Waals surface area contributed by atoms with Gasteiger partial charge in [-0.3, -0.25) is 4.79 Å². The Morgan fingerprint density at radius 2 is 1.75 bits per heavy atom. The fourth-order valence-electron chi connectivity index (χ4n) is 2.52. The van der Waals surface area contributed by atoms with E-state index in [2.05, 4.69) is 20.9 Å². The van der Waals surface area contributed by atoms with Crippen molar-refractivity contribution in [3.05, 3.63) is 70.5 Å². The third-order valence-electron chi connectivity index (χ3n) is 3.99. The number of rotatable bonds is 7. The number of amides is 1. The topological polar surface area (TPSA) is 65.5 Å². The van der Waals surface area contributed by atoms with Crippen LogP contribution in [0.1, 0.15) is 40.9 Å². The summed E-state index contributed by atoms with van der Waals surface area (Å²) in [6.45, 7) is 7.83. The standard InChI is InChI=1S/C21H27FN4O.HI/c1-4-23-20(27)18-8-6-7-16(11-18)13-25-21(24-5-2)26-14-17-10-9-15(3)19(22)12-17;/h6-12H,4-5,13-14H2,1-3H3,(H,23,27)(H2,24,25,26);1H. The van der Waals surface area contributed by atoms with Crippen LogP contribution in [0.3, 0.4) is 0 Å². The second kappa shape index (κ2) is 12.3. The number of hydrogen-bond acceptors (Lipinski definition) is 2. The van der Waals surface area contributed by atoms with Crippen LogP contribution in [-0.2, 0) is 13.1 Å². The molecule has 152 valence electrons. The van der Waals surface area contributed by atoms with Gasteiger partial charge in [0, 0.05) is 25.2 Å². The molecular formula is C21H28FIN4O. The van der Waals surface area contributed by atoms with Crippen LogP contribution in [0.2, 0.25) is 0 Å². The van der Waals surface area contributed by atoms with Crippen LogP contribution in [0.5, 0.6) is 0 Å². The van der Waals surface area contributed by atoms with E-state index in [1.165, 1.54) is 6.07 Å². The van der Waals surface area contributed by atoms with E-state index in [1.807, 2.05) is 38.1 Å². The monoisotopic (exact) mass is 498 g/mol. The summed E-state index contributed by atoms with van der Waals surface area (Å²) in [7, 11) is 0. The predicted molar refractivity (Wildman–Crippen MR) is 123 cm³/mol. The molecule has 2 aromatic carbocycles. The Balaban J connectivity index is 0.00000392. The SMILES string of the molecule is CCNC(=O)c1cccc(CN=C(NCC)NCc2ccc(C)c(F)c2)c1.I. The Morgan fingerprint density at radius 3 is 2.43 bits per heavy atom. The Labute approximate surface area is 183 Å². The number of nitrogens with zero attached hydrogens (tertiary/aromatic N) is 1. The lowest BCUT2D eigenvalue weighted by atomic mass is 10.1. The molecule has 0 saturated heterocycles. The zero-order valence-corrected chi connectivity index (χ0v) is 18.8. The van der Waals surface area contributed by atoms with Crippen molar-refractivity contribution in [2.24, 2.45) is 4.99 Å². The van der Waals surface area contributed by atoms with Crippen LogP contribution in [-0.4, -0.2) is 25.0 Å². The van der Waals surface area contributed by atoms with Gasteiger partial charge in [-0.1, -0.05) is 24.3 Å². The fourth-order valence-corrected chi connectivity index (χ4v) is 2.52. The van der Waals surface area contributed by atoms with Gasteiger partial charge in [0.1, 0.15) is 5.82 Å². The molecule has 0 aliphatic carbocycles. The molecule has 0 aliphatic heterocycles. The minimum atomic E-state index is -0.210. The van der Waals surface area contributed by atoms with Crippen molar-refractivity contribution < 1.29 is 9.18 Å². The maximum atomic E-state index is 13.7. The van der Waals surface area contributed by atoms with Gasteiger partial charge < -0.3 is 16.0 Å². The van der Waals surface area contributed by atoms with Crippen molar-refractivity contribution in [2.45, 2.75) is 33.9 Å². The molecule has 0 aromatic heterocycles. The predicted octanol–water partition coefficient (Wildman–Crippen LogP) is 3.76. The van der Waals surface area contributed by atoms with E-state index < -0.39 is 0 Å². The van der Waals surface area contributed by atoms with Crippen molar-refractivity contribution >= 4 is 35.8 Å². The van der Waals surface area contributed by atoms with Crippen LogP contribution in [0.15, 0.2) is 47.5 Å². The van der Waals surface area contributed by atoms with Crippen LogP contribution in [0, 0.1) is 12.7 Å². The van der Waals surface area contributed by atoms with Crippen LogP contribution >= 0.6 is 24.0 Å². The normalized spacial score (nSPS) is 10.8. The lowest BCUT2D eigenvalue weighted by Crippen LogP contribution is -2.36. The molecule has 3 N–H and O–H groups in total. The molecule has 0 bridgehead atoms. The largest absolute Gasteiger partial charge is 0.357 e. The van der Waals surface area contributed by atoms with Gasteiger partial charge in [0.05, 0.1) is 6.54 Å².